The molecule has 3 rings (SSSR count). The molecule has 2 amide bonds. The summed E-state index contributed by atoms with van der Waals surface area (Å²) in [6.07, 6.45) is 3.37. The Kier molecular flexibility index (Phi) is 6.61. The van der Waals surface area contributed by atoms with Crippen molar-refractivity contribution in [2.24, 2.45) is 13.0 Å². The molecule has 156 valence electrons. The number of amides is 2. The number of carbonyl (C=O) groups excluding carboxylic acids is 2. The largest absolute Gasteiger partial charge is 0.340 e. The number of hydrogen-bond acceptors (Lipinski definition) is 3. The number of aromatic nitrogens is 2. The standard InChI is InChI=1S/C23H25FN4O2/c1-15(2)19(26-22(29)16-8-5-4-6-9-16)23(30)27-20(21-25-12-13-28(21)3)17-10-7-11-18(24)14-17/h4-15,19-20H,1-3H3,(H,26,29)(H,27,30)/t19-,20?/m0/s1. The fourth-order valence-electron chi connectivity index (χ4n) is 3.22. The SMILES string of the molecule is CC(C)[C@H](NC(=O)c1ccccc1)C(=O)NC(c1cccc(F)c1)c1nccn1C. The third-order valence-corrected chi connectivity index (χ3v) is 4.86. The molecule has 0 aliphatic heterocycles. The van der Waals surface area contributed by atoms with Gasteiger partial charge in [-0.2, -0.15) is 0 Å². The molecule has 0 spiro atoms. The molecule has 1 unspecified atom stereocenters. The van der Waals surface area contributed by atoms with Gasteiger partial charge in [0.2, 0.25) is 5.91 Å². The fraction of sp³-hybridized carbons (Fsp3) is 0.261. The van der Waals surface area contributed by atoms with Gasteiger partial charge in [-0.3, -0.25) is 9.59 Å². The molecule has 1 heterocycles. The second-order valence-corrected chi connectivity index (χ2v) is 7.45. The summed E-state index contributed by atoms with van der Waals surface area (Å²) in [5.74, 6) is -0.702. The van der Waals surface area contributed by atoms with E-state index in [0.29, 0.717) is 17.0 Å². The zero-order valence-electron chi connectivity index (χ0n) is 17.2. The molecule has 2 aromatic carbocycles. The van der Waals surface area contributed by atoms with Crippen LogP contribution in [0.2, 0.25) is 0 Å². The molecule has 2 N–H and O–H groups in total. The Bertz CT molecular complexity index is 1020. The van der Waals surface area contributed by atoms with Crippen LogP contribution >= 0.6 is 0 Å². The zero-order chi connectivity index (χ0) is 21.7. The first kappa shape index (κ1) is 21.2. The highest BCUT2D eigenvalue weighted by atomic mass is 19.1. The minimum atomic E-state index is -0.769. The van der Waals surface area contributed by atoms with Crippen LogP contribution in [-0.2, 0) is 11.8 Å². The smallest absolute Gasteiger partial charge is 0.251 e. The number of rotatable bonds is 7. The van der Waals surface area contributed by atoms with Gasteiger partial charge < -0.3 is 15.2 Å². The Labute approximate surface area is 175 Å². The van der Waals surface area contributed by atoms with Crippen molar-refractivity contribution in [2.45, 2.75) is 25.9 Å². The van der Waals surface area contributed by atoms with Gasteiger partial charge in [0.1, 0.15) is 23.7 Å². The van der Waals surface area contributed by atoms with Crippen LogP contribution in [-0.4, -0.2) is 27.4 Å². The number of carbonyl (C=O) groups is 2. The predicted molar refractivity (Wildman–Crippen MR) is 112 cm³/mol. The lowest BCUT2D eigenvalue weighted by atomic mass is 10.0. The quantitative estimate of drug-likeness (QED) is 0.630. The minimum absolute atomic E-state index is 0.160. The van der Waals surface area contributed by atoms with Crippen LogP contribution in [0.1, 0.15) is 41.6 Å². The first-order chi connectivity index (χ1) is 14.4. The van der Waals surface area contributed by atoms with E-state index in [4.69, 9.17) is 0 Å². The summed E-state index contributed by atoms with van der Waals surface area (Å²) >= 11 is 0. The van der Waals surface area contributed by atoms with E-state index in [1.165, 1.54) is 12.1 Å². The van der Waals surface area contributed by atoms with Crippen molar-refractivity contribution in [3.63, 3.8) is 0 Å². The van der Waals surface area contributed by atoms with Crippen LogP contribution in [0, 0.1) is 11.7 Å². The molecule has 2 atom stereocenters. The number of nitrogens with one attached hydrogen (secondary N) is 2. The van der Waals surface area contributed by atoms with Crippen LogP contribution in [0.3, 0.4) is 0 Å². The molecule has 0 saturated heterocycles. The number of imidazole rings is 1. The van der Waals surface area contributed by atoms with E-state index in [1.807, 2.05) is 19.9 Å². The second kappa shape index (κ2) is 9.35. The van der Waals surface area contributed by atoms with E-state index in [2.05, 4.69) is 15.6 Å². The summed E-state index contributed by atoms with van der Waals surface area (Å²) in [4.78, 5) is 30.1. The van der Waals surface area contributed by atoms with Gasteiger partial charge >= 0.3 is 0 Å². The Morgan fingerprint density at radius 1 is 1.03 bits per heavy atom. The van der Waals surface area contributed by atoms with Crippen LogP contribution in [0.5, 0.6) is 0 Å². The van der Waals surface area contributed by atoms with E-state index < -0.39 is 17.9 Å². The van der Waals surface area contributed by atoms with Crippen LogP contribution < -0.4 is 10.6 Å². The van der Waals surface area contributed by atoms with Crippen molar-refractivity contribution < 1.29 is 14.0 Å². The van der Waals surface area contributed by atoms with E-state index in [9.17, 15) is 14.0 Å². The van der Waals surface area contributed by atoms with Crippen LogP contribution in [0.4, 0.5) is 4.39 Å². The molecule has 7 heteroatoms. The molecular formula is C23H25FN4O2. The molecule has 0 aliphatic carbocycles. The number of hydrogen-bond donors (Lipinski definition) is 2. The highest BCUT2D eigenvalue weighted by Crippen LogP contribution is 2.22. The van der Waals surface area contributed by atoms with Crippen molar-refractivity contribution in [3.05, 3.63) is 89.8 Å². The summed E-state index contributed by atoms with van der Waals surface area (Å²) in [5, 5.41) is 5.75. The monoisotopic (exact) mass is 408 g/mol. The molecule has 6 nitrogen and oxygen atoms in total. The van der Waals surface area contributed by atoms with Crippen molar-refractivity contribution in [3.8, 4) is 0 Å². The fourth-order valence-corrected chi connectivity index (χ4v) is 3.22. The van der Waals surface area contributed by atoms with E-state index in [1.54, 1.807) is 60.4 Å². The molecule has 0 bridgehead atoms. The van der Waals surface area contributed by atoms with Gasteiger partial charge in [0, 0.05) is 25.0 Å². The molecule has 0 fully saturated rings. The molecule has 30 heavy (non-hydrogen) atoms. The average molecular weight is 408 g/mol. The van der Waals surface area contributed by atoms with Gasteiger partial charge in [-0.05, 0) is 35.7 Å². The topological polar surface area (TPSA) is 76.0 Å². The highest BCUT2D eigenvalue weighted by molar-refractivity contribution is 5.97. The third-order valence-electron chi connectivity index (χ3n) is 4.86. The third kappa shape index (κ3) is 4.92. The lowest BCUT2D eigenvalue weighted by molar-refractivity contribution is -0.124. The van der Waals surface area contributed by atoms with Crippen molar-refractivity contribution >= 4 is 11.8 Å². The zero-order valence-corrected chi connectivity index (χ0v) is 17.2. The second-order valence-electron chi connectivity index (χ2n) is 7.45. The van der Waals surface area contributed by atoms with Gasteiger partial charge in [-0.25, -0.2) is 9.37 Å². The Balaban J connectivity index is 1.86. The summed E-state index contributed by atoms with van der Waals surface area (Å²) < 4.78 is 15.6. The maximum absolute atomic E-state index is 13.9. The lowest BCUT2D eigenvalue weighted by Crippen LogP contribution is -2.50. The number of nitrogens with zero attached hydrogens (tertiary/aromatic N) is 2. The van der Waals surface area contributed by atoms with Gasteiger partial charge in [0.05, 0.1) is 0 Å². The van der Waals surface area contributed by atoms with Crippen molar-refractivity contribution in [1.82, 2.24) is 20.2 Å². The van der Waals surface area contributed by atoms with E-state index >= 15 is 0 Å². The maximum atomic E-state index is 13.9. The van der Waals surface area contributed by atoms with Crippen LogP contribution in [0.15, 0.2) is 67.0 Å². The normalized spacial score (nSPS) is 13.0. The van der Waals surface area contributed by atoms with Gasteiger partial charge in [-0.1, -0.05) is 44.2 Å². The van der Waals surface area contributed by atoms with Crippen molar-refractivity contribution in [2.75, 3.05) is 0 Å². The predicted octanol–water partition coefficient (Wildman–Crippen LogP) is 3.22. The molecule has 3 aromatic rings. The first-order valence-electron chi connectivity index (χ1n) is 9.75. The molecular weight excluding hydrogens is 383 g/mol. The summed E-state index contributed by atoms with van der Waals surface area (Å²) in [7, 11) is 1.80. The van der Waals surface area contributed by atoms with Gasteiger partial charge in [0.15, 0.2) is 0 Å². The number of benzene rings is 2. The Hall–Kier alpha value is -3.48. The first-order valence-corrected chi connectivity index (χ1v) is 9.75. The Morgan fingerprint density at radius 2 is 1.77 bits per heavy atom. The average Bonchev–Trinajstić information content (AvgIpc) is 3.15. The molecule has 0 radical (unpaired) electrons. The number of halogens is 1. The summed E-state index contributed by atoms with van der Waals surface area (Å²) in [6.45, 7) is 3.71. The number of aryl methyl sites for hydroxylation is 1. The molecule has 1 aromatic heterocycles. The lowest BCUT2D eigenvalue weighted by Gasteiger charge is -2.26. The van der Waals surface area contributed by atoms with Gasteiger partial charge in [-0.15, -0.1) is 0 Å². The molecule has 0 saturated carbocycles. The summed E-state index contributed by atoms with van der Waals surface area (Å²) in [5.41, 5.74) is 1.04. The van der Waals surface area contributed by atoms with Gasteiger partial charge in [0.25, 0.3) is 5.91 Å². The highest BCUT2D eigenvalue weighted by Gasteiger charge is 2.29. The van der Waals surface area contributed by atoms with E-state index in [-0.39, 0.29) is 17.7 Å². The van der Waals surface area contributed by atoms with Crippen LogP contribution in [0.25, 0.3) is 0 Å². The Morgan fingerprint density at radius 3 is 2.37 bits per heavy atom. The van der Waals surface area contributed by atoms with Crippen molar-refractivity contribution in [1.29, 1.82) is 0 Å². The molecule has 0 aliphatic rings. The minimum Gasteiger partial charge on any atom is -0.340 e. The maximum Gasteiger partial charge on any atom is 0.251 e. The van der Waals surface area contributed by atoms with E-state index in [0.717, 1.165) is 0 Å². The summed E-state index contributed by atoms with van der Waals surface area (Å²) in [6, 6.07) is 13.3.